The van der Waals surface area contributed by atoms with E-state index in [2.05, 4.69) is 15.6 Å². The molecule has 2 amide bonds. The number of hydrogen-bond acceptors (Lipinski definition) is 5. The van der Waals surface area contributed by atoms with E-state index >= 15 is 0 Å². The summed E-state index contributed by atoms with van der Waals surface area (Å²) in [6.45, 7) is 2.75. The number of oxazole rings is 1. The van der Waals surface area contributed by atoms with Gasteiger partial charge in [0, 0.05) is 17.9 Å². The van der Waals surface area contributed by atoms with E-state index in [0.717, 1.165) is 24.0 Å². The molecule has 0 radical (unpaired) electrons. The third-order valence-electron chi connectivity index (χ3n) is 5.17. The first kappa shape index (κ1) is 20.8. The lowest BCUT2D eigenvalue weighted by molar-refractivity contribution is -0.130. The number of aryl methyl sites for hydroxylation is 1. The molecule has 7 heteroatoms. The van der Waals surface area contributed by atoms with Crippen molar-refractivity contribution in [2.24, 2.45) is 0 Å². The van der Waals surface area contributed by atoms with Crippen molar-refractivity contribution >= 4 is 17.5 Å². The van der Waals surface area contributed by atoms with Gasteiger partial charge in [-0.1, -0.05) is 30.3 Å². The fraction of sp³-hybridized carbons (Fsp3) is 0.292. The number of aromatic nitrogens is 1. The molecule has 4 rings (SSSR count). The molecule has 2 N–H and O–H groups in total. The maximum atomic E-state index is 12.2. The number of rotatable bonds is 7. The quantitative estimate of drug-likeness (QED) is 0.610. The topological polar surface area (TPSA) is 93.5 Å². The van der Waals surface area contributed by atoms with Crippen LogP contribution in [0, 0.1) is 6.92 Å². The molecule has 1 saturated heterocycles. The van der Waals surface area contributed by atoms with Gasteiger partial charge in [0.15, 0.2) is 0 Å². The number of anilines is 1. The largest absolute Gasteiger partial charge is 0.441 e. The highest BCUT2D eigenvalue weighted by Gasteiger charge is 2.23. The number of hydrogen-bond donors (Lipinski definition) is 2. The summed E-state index contributed by atoms with van der Waals surface area (Å²) in [6, 6.07) is 16.9. The van der Waals surface area contributed by atoms with E-state index < -0.39 is 0 Å². The van der Waals surface area contributed by atoms with Gasteiger partial charge in [-0.2, -0.15) is 0 Å². The normalized spacial score (nSPS) is 15.6. The maximum Gasteiger partial charge on any atom is 0.249 e. The van der Waals surface area contributed by atoms with Crippen LogP contribution in [0.1, 0.15) is 29.9 Å². The molecule has 31 heavy (non-hydrogen) atoms. The Bertz CT molecular complexity index is 1040. The zero-order valence-corrected chi connectivity index (χ0v) is 17.4. The molecule has 1 fully saturated rings. The zero-order chi connectivity index (χ0) is 21.6. The molecule has 0 aliphatic carbocycles. The molecule has 1 aliphatic rings. The molecule has 160 valence electrons. The van der Waals surface area contributed by atoms with Gasteiger partial charge in [-0.3, -0.25) is 9.59 Å². The van der Waals surface area contributed by atoms with Crippen LogP contribution in [0.15, 0.2) is 59.0 Å². The summed E-state index contributed by atoms with van der Waals surface area (Å²) in [4.78, 5) is 28.9. The Morgan fingerprint density at radius 3 is 2.58 bits per heavy atom. The van der Waals surface area contributed by atoms with E-state index in [1.807, 2.05) is 61.5 Å². The number of carbonyl (C=O) groups excluding carboxylic acids is 2. The minimum absolute atomic E-state index is 0.0739. The smallest absolute Gasteiger partial charge is 0.249 e. The highest BCUT2D eigenvalue weighted by molar-refractivity contribution is 5.92. The predicted octanol–water partition coefficient (Wildman–Crippen LogP) is 3.63. The second-order valence-electron chi connectivity index (χ2n) is 7.53. The van der Waals surface area contributed by atoms with Crippen LogP contribution in [-0.2, 0) is 27.3 Å². The predicted molar refractivity (Wildman–Crippen MR) is 116 cm³/mol. The van der Waals surface area contributed by atoms with Crippen LogP contribution in [0.2, 0.25) is 0 Å². The molecule has 0 saturated carbocycles. The number of amides is 2. The Kier molecular flexibility index (Phi) is 6.43. The summed E-state index contributed by atoms with van der Waals surface area (Å²) in [7, 11) is 0. The van der Waals surface area contributed by atoms with Gasteiger partial charge in [0.05, 0.1) is 13.0 Å². The van der Waals surface area contributed by atoms with Gasteiger partial charge in [0.2, 0.25) is 17.7 Å². The third-order valence-corrected chi connectivity index (χ3v) is 5.17. The molecule has 7 nitrogen and oxygen atoms in total. The highest BCUT2D eigenvalue weighted by atomic mass is 16.5. The Hall–Kier alpha value is -3.45. The molecule has 3 aromatic rings. The van der Waals surface area contributed by atoms with Crippen LogP contribution < -0.4 is 10.6 Å². The Morgan fingerprint density at radius 2 is 1.87 bits per heavy atom. The van der Waals surface area contributed by atoms with Crippen molar-refractivity contribution in [1.82, 2.24) is 10.3 Å². The van der Waals surface area contributed by atoms with Gasteiger partial charge in [-0.25, -0.2) is 4.98 Å². The van der Waals surface area contributed by atoms with Crippen molar-refractivity contribution in [2.45, 2.75) is 38.8 Å². The van der Waals surface area contributed by atoms with Crippen LogP contribution in [-0.4, -0.2) is 29.5 Å². The molecular weight excluding hydrogens is 394 g/mol. The molecular formula is C24H25N3O4. The second kappa shape index (κ2) is 9.57. The molecule has 1 aliphatic heterocycles. The average molecular weight is 419 g/mol. The molecule has 1 aromatic heterocycles. The summed E-state index contributed by atoms with van der Waals surface area (Å²) < 4.78 is 11.2. The SMILES string of the molecule is Cc1oc(-c2ccc(NC(=O)Cc3ccccc3)cc2)nc1CNC(=O)C1CCCO1. The first-order chi connectivity index (χ1) is 15.1. The zero-order valence-electron chi connectivity index (χ0n) is 17.4. The fourth-order valence-electron chi connectivity index (χ4n) is 3.47. The van der Waals surface area contributed by atoms with Crippen molar-refractivity contribution in [2.75, 3.05) is 11.9 Å². The summed E-state index contributed by atoms with van der Waals surface area (Å²) in [5, 5.41) is 5.76. The molecule has 2 heterocycles. The number of ether oxygens (including phenoxy) is 1. The van der Waals surface area contributed by atoms with E-state index in [-0.39, 0.29) is 17.9 Å². The first-order valence-corrected chi connectivity index (χ1v) is 10.4. The summed E-state index contributed by atoms with van der Waals surface area (Å²) >= 11 is 0. The van der Waals surface area contributed by atoms with E-state index in [4.69, 9.17) is 9.15 Å². The average Bonchev–Trinajstić information content (AvgIpc) is 3.43. The lowest BCUT2D eigenvalue weighted by Gasteiger charge is -2.09. The Morgan fingerprint density at radius 1 is 1.10 bits per heavy atom. The van der Waals surface area contributed by atoms with E-state index in [1.165, 1.54) is 0 Å². The second-order valence-corrected chi connectivity index (χ2v) is 7.53. The molecule has 0 bridgehead atoms. The minimum Gasteiger partial charge on any atom is -0.441 e. The van der Waals surface area contributed by atoms with Crippen molar-refractivity contribution in [3.8, 4) is 11.5 Å². The molecule has 2 aromatic carbocycles. The van der Waals surface area contributed by atoms with Gasteiger partial charge in [-0.15, -0.1) is 0 Å². The molecule has 0 spiro atoms. The Balaban J connectivity index is 1.34. The lowest BCUT2D eigenvalue weighted by Crippen LogP contribution is -2.33. The van der Waals surface area contributed by atoms with Gasteiger partial charge in [0.25, 0.3) is 0 Å². The highest BCUT2D eigenvalue weighted by Crippen LogP contribution is 2.23. The van der Waals surface area contributed by atoms with Crippen LogP contribution in [0.5, 0.6) is 0 Å². The van der Waals surface area contributed by atoms with Crippen molar-refractivity contribution in [3.05, 3.63) is 71.6 Å². The van der Waals surface area contributed by atoms with Gasteiger partial charge in [-0.05, 0) is 49.6 Å². The third kappa shape index (κ3) is 5.38. The van der Waals surface area contributed by atoms with Gasteiger partial charge >= 0.3 is 0 Å². The molecule has 1 unspecified atom stereocenters. The van der Waals surface area contributed by atoms with Gasteiger partial charge < -0.3 is 19.8 Å². The standard InChI is InChI=1S/C24H25N3O4/c1-16-20(15-25-23(29)21-8-5-13-30-21)27-24(31-16)18-9-11-19(12-10-18)26-22(28)14-17-6-3-2-4-7-17/h2-4,6-7,9-12,21H,5,8,13-15H2,1H3,(H,25,29)(H,26,28). The van der Waals surface area contributed by atoms with E-state index in [9.17, 15) is 9.59 Å². The van der Waals surface area contributed by atoms with Crippen LogP contribution >= 0.6 is 0 Å². The summed E-state index contributed by atoms with van der Waals surface area (Å²) in [5.41, 5.74) is 3.14. The summed E-state index contributed by atoms with van der Waals surface area (Å²) in [5.74, 6) is 0.941. The van der Waals surface area contributed by atoms with Crippen LogP contribution in [0.3, 0.4) is 0 Å². The van der Waals surface area contributed by atoms with E-state index in [0.29, 0.717) is 42.6 Å². The van der Waals surface area contributed by atoms with E-state index in [1.54, 1.807) is 0 Å². The Labute approximate surface area is 180 Å². The van der Waals surface area contributed by atoms with Crippen molar-refractivity contribution in [1.29, 1.82) is 0 Å². The minimum atomic E-state index is -0.365. The van der Waals surface area contributed by atoms with Crippen LogP contribution in [0.4, 0.5) is 5.69 Å². The molecule has 1 atom stereocenters. The number of nitrogens with one attached hydrogen (secondary N) is 2. The first-order valence-electron chi connectivity index (χ1n) is 10.4. The fourth-order valence-corrected chi connectivity index (χ4v) is 3.47. The van der Waals surface area contributed by atoms with Crippen molar-refractivity contribution < 1.29 is 18.7 Å². The summed E-state index contributed by atoms with van der Waals surface area (Å²) in [6.07, 6.45) is 1.62. The lowest BCUT2D eigenvalue weighted by atomic mass is 10.1. The van der Waals surface area contributed by atoms with Crippen molar-refractivity contribution in [3.63, 3.8) is 0 Å². The number of carbonyl (C=O) groups is 2. The maximum absolute atomic E-state index is 12.2. The number of benzene rings is 2. The monoisotopic (exact) mass is 419 g/mol. The van der Waals surface area contributed by atoms with Crippen LogP contribution in [0.25, 0.3) is 11.5 Å². The number of nitrogens with zero attached hydrogens (tertiary/aromatic N) is 1. The van der Waals surface area contributed by atoms with Gasteiger partial charge in [0.1, 0.15) is 17.6 Å².